The highest BCUT2D eigenvalue weighted by Gasteiger charge is 2.21. The molecule has 0 spiro atoms. The molecule has 4 nitrogen and oxygen atoms in total. The maximum absolute atomic E-state index is 13.2. The Balaban J connectivity index is 2.31. The van der Waals surface area contributed by atoms with E-state index < -0.39 is 17.8 Å². The molecule has 2 aromatic carbocycles. The maximum Gasteiger partial charge on any atom is 0.332 e. The van der Waals surface area contributed by atoms with Gasteiger partial charge >= 0.3 is 5.97 Å². The maximum atomic E-state index is 13.2. The molecule has 0 saturated heterocycles. The van der Waals surface area contributed by atoms with Gasteiger partial charge in [-0.15, -0.1) is 0 Å². The number of aromatic hydroxyl groups is 1. The molecule has 0 aliphatic carbocycles. The summed E-state index contributed by atoms with van der Waals surface area (Å²) >= 11 is 0. The van der Waals surface area contributed by atoms with Gasteiger partial charge in [-0.25, -0.2) is 9.18 Å². The summed E-state index contributed by atoms with van der Waals surface area (Å²) in [4.78, 5) is 11.9. The fourth-order valence-corrected chi connectivity index (χ4v) is 1.85. The molecule has 104 valence electrons. The van der Waals surface area contributed by atoms with E-state index in [4.69, 9.17) is 4.74 Å². The second-order valence-corrected chi connectivity index (χ2v) is 4.21. The number of hydrogen-bond acceptors (Lipinski definition) is 4. The summed E-state index contributed by atoms with van der Waals surface area (Å²) in [6, 6.07) is 11.2. The van der Waals surface area contributed by atoms with E-state index in [1.807, 2.05) is 0 Å². The molecule has 0 radical (unpaired) electrons. The zero-order valence-corrected chi connectivity index (χ0v) is 10.8. The van der Waals surface area contributed by atoms with Crippen LogP contribution in [0.5, 0.6) is 5.75 Å². The fraction of sp³-hybridized carbons (Fsp3) is 0.133. The van der Waals surface area contributed by atoms with E-state index in [1.54, 1.807) is 18.2 Å². The fourth-order valence-electron chi connectivity index (χ4n) is 1.85. The van der Waals surface area contributed by atoms with Gasteiger partial charge in [-0.05, 0) is 35.9 Å². The van der Waals surface area contributed by atoms with Gasteiger partial charge < -0.3 is 15.2 Å². The van der Waals surface area contributed by atoms with Crippen molar-refractivity contribution < 1.29 is 19.0 Å². The Morgan fingerprint density at radius 2 is 2.00 bits per heavy atom. The number of carbonyl (C=O) groups is 1. The van der Waals surface area contributed by atoms with Crippen LogP contribution in [0.4, 0.5) is 10.1 Å². The quantitative estimate of drug-likeness (QED) is 0.842. The van der Waals surface area contributed by atoms with Crippen LogP contribution in [0.25, 0.3) is 0 Å². The lowest BCUT2D eigenvalue weighted by Gasteiger charge is -2.18. The van der Waals surface area contributed by atoms with Crippen molar-refractivity contribution in [3.63, 3.8) is 0 Å². The number of anilines is 1. The summed E-state index contributed by atoms with van der Waals surface area (Å²) in [6.45, 7) is 0. The molecule has 5 heteroatoms. The molecule has 0 bridgehead atoms. The van der Waals surface area contributed by atoms with Crippen molar-refractivity contribution in [2.45, 2.75) is 6.04 Å². The van der Waals surface area contributed by atoms with E-state index in [9.17, 15) is 14.3 Å². The number of hydrogen-bond donors (Lipinski definition) is 2. The second kappa shape index (κ2) is 6.06. The predicted octanol–water partition coefficient (Wildman–Crippen LogP) is 2.86. The minimum Gasteiger partial charge on any atom is -0.508 e. The Hall–Kier alpha value is -2.56. The normalized spacial score (nSPS) is 11.7. The molecule has 0 aliphatic heterocycles. The van der Waals surface area contributed by atoms with E-state index in [0.717, 1.165) is 0 Å². The number of methoxy groups -OCH3 is 1. The lowest BCUT2D eigenvalue weighted by atomic mass is 10.1. The third-order valence-electron chi connectivity index (χ3n) is 2.78. The number of phenols is 1. The molecule has 0 heterocycles. The van der Waals surface area contributed by atoms with Crippen LogP contribution < -0.4 is 5.32 Å². The van der Waals surface area contributed by atoms with Gasteiger partial charge in [-0.2, -0.15) is 0 Å². The molecule has 1 atom stereocenters. The number of halogens is 1. The van der Waals surface area contributed by atoms with Crippen molar-refractivity contribution in [1.82, 2.24) is 0 Å². The zero-order valence-electron chi connectivity index (χ0n) is 10.8. The van der Waals surface area contributed by atoms with Gasteiger partial charge in [0.05, 0.1) is 7.11 Å². The van der Waals surface area contributed by atoms with Gasteiger partial charge in [0, 0.05) is 5.69 Å². The first kappa shape index (κ1) is 13.9. The van der Waals surface area contributed by atoms with Gasteiger partial charge in [0.1, 0.15) is 11.6 Å². The molecule has 0 aromatic heterocycles. The minimum atomic E-state index is -0.825. The van der Waals surface area contributed by atoms with E-state index in [1.165, 1.54) is 37.4 Å². The Bertz CT molecular complexity index is 616. The van der Waals surface area contributed by atoms with Crippen LogP contribution >= 0.6 is 0 Å². The Kier molecular flexibility index (Phi) is 4.20. The first-order chi connectivity index (χ1) is 9.60. The topological polar surface area (TPSA) is 58.6 Å². The van der Waals surface area contributed by atoms with Gasteiger partial charge in [-0.3, -0.25) is 0 Å². The van der Waals surface area contributed by atoms with Crippen molar-refractivity contribution in [2.24, 2.45) is 0 Å². The molecule has 1 unspecified atom stereocenters. The van der Waals surface area contributed by atoms with Crippen molar-refractivity contribution in [1.29, 1.82) is 0 Å². The summed E-state index contributed by atoms with van der Waals surface area (Å²) in [5.41, 5.74) is 0.977. The Morgan fingerprint density at radius 1 is 1.25 bits per heavy atom. The van der Waals surface area contributed by atoms with E-state index in [0.29, 0.717) is 11.3 Å². The average Bonchev–Trinajstić information content (AvgIpc) is 2.44. The molecule has 20 heavy (non-hydrogen) atoms. The van der Waals surface area contributed by atoms with Crippen molar-refractivity contribution in [3.05, 3.63) is 59.9 Å². The molecule has 0 aliphatic rings. The van der Waals surface area contributed by atoms with Gasteiger partial charge in [-0.1, -0.05) is 18.2 Å². The highest BCUT2D eigenvalue weighted by atomic mass is 19.1. The summed E-state index contributed by atoms with van der Waals surface area (Å²) in [5.74, 6) is -0.896. The zero-order chi connectivity index (χ0) is 14.5. The first-order valence-corrected chi connectivity index (χ1v) is 5.99. The molecular weight excluding hydrogens is 261 g/mol. The molecule has 2 N–H and O–H groups in total. The van der Waals surface area contributed by atoms with Crippen LogP contribution in [0.2, 0.25) is 0 Å². The highest BCUT2D eigenvalue weighted by molar-refractivity contribution is 5.81. The molecule has 0 saturated carbocycles. The van der Waals surface area contributed by atoms with E-state index >= 15 is 0 Å². The number of esters is 1. The number of rotatable bonds is 4. The first-order valence-electron chi connectivity index (χ1n) is 5.99. The monoisotopic (exact) mass is 275 g/mol. The third-order valence-corrected chi connectivity index (χ3v) is 2.78. The highest BCUT2D eigenvalue weighted by Crippen LogP contribution is 2.24. The molecule has 0 amide bonds. The van der Waals surface area contributed by atoms with Gasteiger partial charge in [0.15, 0.2) is 6.04 Å². The lowest BCUT2D eigenvalue weighted by Crippen LogP contribution is -2.22. The summed E-state index contributed by atoms with van der Waals surface area (Å²) < 4.78 is 17.9. The van der Waals surface area contributed by atoms with Gasteiger partial charge in [0.25, 0.3) is 0 Å². The van der Waals surface area contributed by atoms with Crippen LogP contribution in [-0.2, 0) is 9.53 Å². The van der Waals surface area contributed by atoms with Crippen LogP contribution in [-0.4, -0.2) is 18.2 Å². The number of benzene rings is 2. The Labute approximate surface area is 115 Å². The SMILES string of the molecule is COC(=O)C(Nc1cccc(F)c1)c1cccc(O)c1. The number of ether oxygens (including phenoxy) is 1. The predicted molar refractivity (Wildman–Crippen MR) is 72.9 cm³/mol. The van der Waals surface area contributed by atoms with Crippen LogP contribution in [0.1, 0.15) is 11.6 Å². The van der Waals surface area contributed by atoms with Crippen LogP contribution in [0.15, 0.2) is 48.5 Å². The molecule has 2 aromatic rings. The van der Waals surface area contributed by atoms with Crippen molar-refractivity contribution >= 4 is 11.7 Å². The molecular formula is C15H14FNO3. The smallest absolute Gasteiger partial charge is 0.332 e. The van der Waals surface area contributed by atoms with Crippen LogP contribution in [0.3, 0.4) is 0 Å². The summed E-state index contributed by atoms with van der Waals surface area (Å²) in [5, 5.41) is 12.4. The Morgan fingerprint density at radius 3 is 2.65 bits per heavy atom. The van der Waals surface area contributed by atoms with Crippen molar-refractivity contribution in [2.75, 3.05) is 12.4 Å². The number of phenolic OH excluding ortho intramolecular Hbond substituents is 1. The van der Waals surface area contributed by atoms with Crippen molar-refractivity contribution in [3.8, 4) is 5.75 Å². The van der Waals surface area contributed by atoms with E-state index in [2.05, 4.69) is 5.32 Å². The van der Waals surface area contributed by atoms with Crippen LogP contribution in [0, 0.1) is 5.82 Å². The summed E-state index contributed by atoms with van der Waals surface area (Å²) in [6.07, 6.45) is 0. The number of carbonyl (C=O) groups excluding carboxylic acids is 1. The largest absolute Gasteiger partial charge is 0.508 e. The lowest BCUT2D eigenvalue weighted by molar-refractivity contribution is -0.141. The molecule has 2 rings (SSSR count). The summed E-state index contributed by atoms with van der Waals surface area (Å²) in [7, 11) is 1.27. The second-order valence-electron chi connectivity index (χ2n) is 4.21. The third kappa shape index (κ3) is 3.26. The number of nitrogens with one attached hydrogen (secondary N) is 1. The van der Waals surface area contributed by atoms with Gasteiger partial charge in [0.2, 0.25) is 0 Å². The molecule has 0 fully saturated rings. The van der Waals surface area contributed by atoms with E-state index in [-0.39, 0.29) is 5.75 Å². The minimum absolute atomic E-state index is 0.0393. The standard InChI is InChI=1S/C15H14FNO3/c1-20-15(19)14(10-4-2-7-13(18)8-10)17-12-6-3-5-11(16)9-12/h2-9,14,17-18H,1H3. The average molecular weight is 275 g/mol.